The van der Waals surface area contributed by atoms with Crippen LogP contribution in [0.25, 0.3) is 0 Å². The minimum Gasteiger partial charge on any atom is -0.497 e. The van der Waals surface area contributed by atoms with Crippen LogP contribution >= 0.6 is 23.2 Å². The smallest absolute Gasteiger partial charge is 0.139 e. The molecule has 3 N–H and O–H groups in total. The summed E-state index contributed by atoms with van der Waals surface area (Å²) in [5, 5.41) is 11.2. The Bertz CT molecular complexity index is 714. The summed E-state index contributed by atoms with van der Waals surface area (Å²) in [6.07, 6.45) is -0.256. The lowest BCUT2D eigenvalue weighted by Gasteiger charge is -2.32. The highest BCUT2D eigenvalue weighted by atomic mass is 35.5. The van der Waals surface area contributed by atoms with E-state index in [1.54, 1.807) is 25.3 Å². The number of aliphatic hydroxyl groups excluding tert-OH is 1. The van der Waals surface area contributed by atoms with E-state index < -0.39 is 11.6 Å². The molecule has 0 fully saturated rings. The summed E-state index contributed by atoms with van der Waals surface area (Å²) in [6.45, 7) is 4.00. The Labute approximate surface area is 164 Å². The Morgan fingerprint density at radius 2 is 1.77 bits per heavy atom. The lowest BCUT2D eigenvalue weighted by Crippen LogP contribution is -2.41. The van der Waals surface area contributed by atoms with Gasteiger partial charge in [-0.3, -0.25) is 0 Å². The molecule has 6 heteroatoms. The maximum atomic E-state index is 10.5. The number of ether oxygens (including phenoxy) is 2. The number of nitrogens with two attached hydrogens (primary N) is 1. The van der Waals surface area contributed by atoms with E-state index in [1.165, 1.54) is 0 Å². The molecule has 1 unspecified atom stereocenters. The first-order valence-corrected chi connectivity index (χ1v) is 9.15. The predicted molar refractivity (Wildman–Crippen MR) is 107 cm³/mol. The Morgan fingerprint density at radius 3 is 2.35 bits per heavy atom. The largest absolute Gasteiger partial charge is 0.497 e. The van der Waals surface area contributed by atoms with Crippen molar-refractivity contribution in [1.82, 2.24) is 0 Å². The van der Waals surface area contributed by atoms with Gasteiger partial charge in [-0.15, -0.1) is 0 Å². The molecule has 0 aliphatic heterocycles. The highest BCUT2D eigenvalue weighted by molar-refractivity contribution is 6.42. The summed E-state index contributed by atoms with van der Waals surface area (Å²) >= 11 is 12.1. The van der Waals surface area contributed by atoms with E-state index in [4.69, 9.17) is 38.4 Å². The summed E-state index contributed by atoms with van der Waals surface area (Å²) in [7, 11) is 1.63. The maximum Gasteiger partial charge on any atom is 0.139 e. The molecule has 0 heterocycles. The standard InChI is InChI=1S/C20H25Cl2NO3/c1-20(2,23)16(13-7-9-15(25-3)10-8-13)11-14(24)12-26-18-6-4-5-17(21)19(18)22/h4-10,14,16,24H,11-12,23H2,1-3H3/t14-,16?/m0/s1. The van der Waals surface area contributed by atoms with E-state index >= 15 is 0 Å². The van der Waals surface area contributed by atoms with Gasteiger partial charge in [0.1, 0.15) is 23.1 Å². The van der Waals surface area contributed by atoms with Gasteiger partial charge in [-0.05, 0) is 50.1 Å². The van der Waals surface area contributed by atoms with Crippen molar-refractivity contribution in [2.24, 2.45) is 5.73 Å². The molecule has 0 amide bonds. The van der Waals surface area contributed by atoms with Gasteiger partial charge in [0.25, 0.3) is 0 Å². The van der Waals surface area contributed by atoms with Crippen LogP contribution in [-0.4, -0.2) is 30.5 Å². The van der Waals surface area contributed by atoms with Gasteiger partial charge < -0.3 is 20.3 Å². The topological polar surface area (TPSA) is 64.7 Å². The fourth-order valence-electron chi connectivity index (χ4n) is 2.83. The van der Waals surface area contributed by atoms with Crippen molar-refractivity contribution in [2.75, 3.05) is 13.7 Å². The van der Waals surface area contributed by atoms with Crippen molar-refractivity contribution in [3.8, 4) is 11.5 Å². The Hall–Kier alpha value is -1.46. The van der Waals surface area contributed by atoms with Crippen LogP contribution in [-0.2, 0) is 0 Å². The zero-order valence-electron chi connectivity index (χ0n) is 15.2. The van der Waals surface area contributed by atoms with E-state index in [-0.39, 0.29) is 12.5 Å². The molecule has 0 saturated heterocycles. The first-order chi connectivity index (χ1) is 12.2. The van der Waals surface area contributed by atoms with Gasteiger partial charge in [0, 0.05) is 11.5 Å². The summed E-state index contributed by atoms with van der Waals surface area (Å²) in [6, 6.07) is 12.9. The van der Waals surface area contributed by atoms with Crippen molar-refractivity contribution in [2.45, 2.75) is 37.8 Å². The van der Waals surface area contributed by atoms with Crippen LogP contribution in [0.2, 0.25) is 10.0 Å². The zero-order chi connectivity index (χ0) is 19.3. The molecule has 142 valence electrons. The molecule has 0 spiro atoms. The van der Waals surface area contributed by atoms with Crippen molar-refractivity contribution < 1.29 is 14.6 Å². The molecule has 0 aliphatic carbocycles. The zero-order valence-corrected chi connectivity index (χ0v) is 16.7. The summed E-state index contributed by atoms with van der Waals surface area (Å²) in [5.74, 6) is 1.18. The number of benzene rings is 2. The number of rotatable bonds is 8. The summed E-state index contributed by atoms with van der Waals surface area (Å²) < 4.78 is 10.8. The highest BCUT2D eigenvalue weighted by Crippen LogP contribution is 2.34. The van der Waals surface area contributed by atoms with Crippen LogP contribution in [0.3, 0.4) is 0 Å². The molecule has 0 aromatic heterocycles. The first kappa shape index (κ1) is 20.8. The fraction of sp³-hybridized carbons (Fsp3) is 0.400. The van der Waals surface area contributed by atoms with Crippen LogP contribution in [0.15, 0.2) is 42.5 Å². The molecule has 0 aliphatic rings. The third-order valence-corrected chi connectivity index (χ3v) is 5.07. The lowest BCUT2D eigenvalue weighted by molar-refractivity contribution is 0.0862. The molecule has 2 aromatic carbocycles. The van der Waals surface area contributed by atoms with Gasteiger partial charge in [0.2, 0.25) is 0 Å². The van der Waals surface area contributed by atoms with E-state index in [0.29, 0.717) is 22.2 Å². The van der Waals surface area contributed by atoms with Crippen molar-refractivity contribution in [3.05, 3.63) is 58.1 Å². The van der Waals surface area contributed by atoms with Gasteiger partial charge in [-0.2, -0.15) is 0 Å². The van der Waals surface area contributed by atoms with Crippen molar-refractivity contribution in [1.29, 1.82) is 0 Å². The molecule has 2 rings (SSSR count). The molecular formula is C20H25Cl2NO3. The SMILES string of the molecule is COc1ccc(C(C[C@H](O)COc2cccc(Cl)c2Cl)C(C)(C)N)cc1. The molecule has 0 radical (unpaired) electrons. The molecule has 0 saturated carbocycles. The number of halogens is 2. The monoisotopic (exact) mass is 397 g/mol. The number of methoxy groups -OCH3 is 1. The average Bonchev–Trinajstić information content (AvgIpc) is 2.60. The maximum absolute atomic E-state index is 10.5. The van der Waals surface area contributed by atoms with Crippen molar-refractivity contribution >= 4 is 23.2 Å². The van der Waals surface area contributed by atoms with Gasteiger partial charge >= 0.3 is 0 Å². The number of hydrogen-bond acceptors (Lipinski definition) is 4. The molecule has 2 aromatic rings. The van der Waals surface area contributed by atoms with Crippen molar-refractivity contribution in [3.63, 3.8) is 0 Å². The van der Waals surface area contributed by atoms with Crippen LogP contribution in [0.4, 0.5) is 0 Å². The molecule has 26 heavy (non-hydrogen) atoms. The summed E-state index contributed by atoms with van der Waals surface area (Å²) in [5.41, 5.74) is 6.89. The highest BCUT2D eigenvalue weighted by Gasteiger charge is 2.29. The van der Waals surface area contributed by atoms with Gasteiger partial charge in [0.05, 0.1) is 18.2 Å². The quantitative estimate of drug-likeness (QED) is 0.679. The predicted octanol–water partition coefficient (Wildman–Crippen LogP) is 4.65. The number of hydrogen-bond donors (Lipinski definition) is 2. The Kier molecular flexibility index (Phi) is 7.18. The van der Waals surface area contributed by atoms with E-state index in [1.807, 2.05) is 38.1 Å². The normalized spacial score (nSPS) is 14.0. The van der Waals surface area contributed by atoms with E-state index in [2.05, 4.69) is 0 Å². The second-order valence-electron chi connectivity index (χ2n) is 6.90. The van der Waals surface area contributed by atoms with Gasteiger partial charge in [-0.1, -0.05) is 41.4 Å². The van der Waals surface area contributed by atoms with E-state index in [9.17, 15) is 5.11 Å². The first-order valence-electron chi connectivity index (χ1n) is 8.40. The molecule has 2 atom stereocenters. The lowest BCUT2D eigenvalue weighted by atomic mass is 9.79. The van der Waals surface area contributed by atoms with Crippen LogP contribution < -0.4 is 15.2 Å². The number of aliphatic hydroxyl groups is 1. The second kappa shape index (κ2) is 8.96. The molecule has 4 nitrogen and oxygen atoms in total. The van der Waals surface area contributed by atoms with Crippen LogP contribution in [0.5, 0.6) is 11.5 Å². The molecule has 0 bridgehead atoms. The summed E-state index contributed by atoms with van der Waals surface area (Å²) in [4.78, 5) is 0. The minimum absolute atomic E-state index is 0.0539. The average molecular weight is 398 g/mol. The fourth-order valence-corrected chi connectivity index (χ4v) is 3.17. The molecular weight excluding hydrogens is 373 g/mol. The third kappa shape index (κ3) is 5.52. The Morgan fingerprint density at radius 1 is 1.12 bits per heavy atom. The van der Waals surface area contributed by atoms with Gasteiger partial charge in [-0.25, -0.2) is 0 Å². The second-order valence-corrected chi connectivity index (χ2v) is 7.68. The van der Waals surface area contributed by atoms with Crippen LogP contribution in [0, 0.1) is 0 Å². The Balaban J connectivity index is 2.06. The van der Waals surface area contributed by atoms with Gasteiger partial charge in [0.15, 0.2) is 0 Å². The minimum atomic E-state index is -0.708. The van der Waals surface area contributed by atoms with Crippen LogP contribution in [0.1, 0.15) is 31.7 Å². The van der Waals surface area contributed by atoms with E-state index in [0.717, 1.165) is 11.3 Å². The third-order valence-electron chi connectivity index (χ3n) is 4.27.